The summed E-state index contributed by atoms with van der Waals surface area (Å²) >= 11 is 0. The first-order valence-electron chi connectivity index (χ1n) is 2.04. The van der Waals surface area contributed by atoms with Gasteiger partial charge in [0.1, 0.15) is 6.54 Å². The van der Waals surface area contributed by atoms with Gasteiger partial charge in [-0.05, 0) is 0 Å². The minimum atomic E-state index is 0.234. The van der Waals surface area contributed by atoms with Crippen molar-refractivity contribution in [3.05, 3.63) is 0 Å². The molecule has 0 saturated heterocycles. The second-order valence-corrected chi connectivity index (χ2v) is 1.31. The van der Waals surface area contributed by atoms with Crippen molar-refractivity contribution in [3.63, 3.8) is 0 Å². The highest BCUT2D eigenvalue weighted by Gasteiger charge is 1.86. The van der Waals surface area contributed by atoms with E-state index in [0.29, 0.717) is 6.54 Å². The topological polar surface area (TPSA) is 33.7 Å². The molecule has 0 radical (unpaired) electrons. The third kappa shape index (κ3) is 3.63. The monoisotopic (exact) mass is 88.1 g/mol. The average Bonchev–Trinajstić information content (AvgIpc) is 1.35. The van der Waals surface area contributed by atoms with E-state index in [2.05, 4.69) is 0 Å². The highest BCUT2D eigenvalue weighted by molar-refractivity contribution is 5.76. The molecule has 0 aliphatic carbocycles. The number of quaternary nitrogens is 1. The summed E-state index contributed by atoms with van der Waals surface area (Å²) in [6.07, 6.45) is 0. The Bertz CT molecular complexity index is 51.5. The summed E-state index contributed by atoms with van der Waals surface area (Å²) in [6, 6.07) is 0. The normalized spacial score (nSPS) is 8.33. The summed E-state index contributed by atoms with van der Waals surface area (Å²) in [7, 11) is 1.88. The number of hydrogen-bond donors (Lipinski definition) is 1. The lowest BCUT2D eigenvalue weighted by molar-refractivity contribution is -0.615. The first-order valence-corrected chi connectivity index (χ1v) is 2.04. The molecule has 2 nitrogen and oxygen atoms in total. The van der Waals surface area contributed by atoms with Gasteiger partial charge in [-0.15, -0.1) is 0 Å². The van der Waals surface area contributed by atoms with E-state index in [1.54, 1.807) is 6.92 Å². The molecule has 0 aliphatic heterocycles. The summed E-state index contributed by atoms with van der Waals surface area (Å²) in [5.74, 6) is 0.234. The zero-order valence-electron chi connectivity index (χ0n) is 4.19. The summed E-state index contributed by atoms with van der Waals surface area (Å²) in [5.41, 5.74) is 0. The van der Waals surface area contributed by atoms with Gasteiger partial charge in [-0.3, -0.25) is 4.79 Å². The molecule has 0 heterocycles. The van der Waals surface area contributed by atoms with Crippen molar-refractivity contribution in [1.29, 1.82) is 0 Å². The first-order chi connectivity index (χ1) is 2.77. The van der Waals surface area contributed by atoms with Gasteiger partial charge in [0.2, 0.25) is 0 Å². The number of hydrogen-bond acceptors (Lipinski definition) is 1. The van der Waals surface area contributed by atoms with Crippen molar-refractivity contribution >= 4 is 5.78 Å². The highest BCUT2D eigenvalue weighted by atomic mass is 16.1. The van der Waals surface area contributed by atoms with Crippen LogP contribution in [0.3, 0.4) is 0 Å². The van der Waals surface area contributed by atoms with E-state index < -0.39 is 0 Å². The molecule has 0 rings (SSSR count). The molecule has 0 atom stereocenters. The molecule has 0 aliphatic rings. The predicted octanol–water partition coefficient (Wildman–Crippen LogP) is -1.23. The van der Waals surface area contributed by atoms with Crippen LogP contribution in [-0.4, -0.2) is 19.4 Å². The van der Waals surface area contributed by atoms with Crippen LogP contribution in [0, 0.1) is 0 Å². The number of Topliss-reactive ketones (excluding diaryl/α,β-unsaturated/α-hetero) is 1. The van der Waals surface area contributed by atoms with Gasteiger partial charge < -0.3 is 5.32 Å². The van der Waals surface area contributed by atoms with Crippen molar-refractivity contribution in [1.82, 2.24) is 0 Å². The van der Waals surface area contributed by atoms with E-state index in [0.717, 1.165) is 0 Å². The number of likely N-dealkylation sites (N-methyl/N-ethyl adjacent to an activating group) is 1. The van der Waals surface area contributed by atoms with Gasteiger partial charge in [-0.25, -0.2) is 0 Å². The minimum absolute atomic E-state index is 0.234. The van der Waals surface area contributed by atoms with Crippen molar-refractivity contribution < 1.29 is 10.1 Å². The van der Waals surface area contributed by atoms with Gasteiger partial charge in [0.15, 0.2) is 5.78 Å². The van der Waals surface area contributed by atoms with Crippen LogP contribution in [-0.2, 0) is 4.79 Å². The van der Waals surface area contributed by atoms with Crippen LogP contribution < -0.4 is 5.32 Å². The van der Waals surface area contributed by atoms with E-state index in [1.807, 2.05) is 12.4 Å². The number of nitrogens with two attached hydrogens (primary N) is 1. The molecular weight excluding hydrogens is 78.0 g/mol. The van der Waals surface area contributed by atoms with E-state index >= 15 is 0 Å². The van der Waals surface area contributed by atoms with Crippen molar-refractivity contribution in [2.24, 2.45) is 0 Å². The molecule has 0 saturated carbocycles. The molecule has 36 valence electrons. The zero-order valence-corrected chi connectivity index (χ0v) is 4.19. The van der Waals surface area contributed by atoms with Gasteiger partial charge in [0.05, 0.1) is 7.05 Å². The van der Waals surface area contributed by atoms with Crippen LogP contribution >= 0.6 is 0 Å². The summed E-state index contributed by atoms with van der Waals surface area (Å²) in [5, 5.41) is 1.85. The summed E-state index contributed by atoms with van der Waals surface area (Å²) < 4.78 is 0. The van der Waals surface area contributed by atoms with Crippen molar-refractivity contribution in [2.45, 2.75) is 6.92 Å². The molecule has 0 aromatic heterocycles. The van der Waals surface area contributed by atoms with Crippen LogP contribution in [0.4, 0.5) is 0 Å². The van der Waals surface area contributed by atoms with E-state index in [-0.39, 0.29) is 5.78 Å². The largest absolute Gasteiger partial charge is 0.343 e. The van der Waals surface area contributed by atoms with Crippen molar-refractivity contribution in [3.8, 4) is 0 Å². The van der Waals surface area contributed by atoms with Crippen molar-refractivity contribution in [2.75, 3.05) is 13.6 Å². The maximum Gasteiger partial charge on any atom is 0.183 e. The Morgan fingerprint density at radius 2 is 2.33 bits per heavy atom. The quantitative estimate of drug-likeness (QED) is 0.450. The molecule has 0 spiro atoms. The first kappa shape index (κ1) is 5.63. The van der Waals surface area contributed by atoms with Gasteiger partial charge in [-0.1, -0.05) is 0 Å². The lowest BCUT2D eigenvalue weighted by atomic mass is 10.5. The number of carbonyl (C=O) groups is 1. The molecule has 2 N–H and O–H groups in total. The number of carbonyl (C=O) groups excluding carboxylic acids is 1. The SMILES string of the molecule is C[NH2+]CC(C)=O. The van der Waals surface area contributed by atoms with E-state index in [4.69, 9.17) is 0 Å². The van der Waals surface area contributed by atoms with Crippen LogP contribution in [0.5, 0.6) is 0 Å². The fourth-order valence-electron chi connectivity index (χ4n) is 0.287. The Balaban J connectivity index is 2.83. The second kappa shape index (κ2) is 2.85. The van der Waals surface area contributed by atoms with Gasteiger partial charge >= 0.3 is 0 Å². The van der Waals surface area contributed by atoms with Crippen LogP contribution in [0.15, 0.2) is 0 Å². The fraction of sp³-hybridized carbons (Fsp3) is 0.750. The molecule has 0 fully saturated rings. The predicted molar refractivity (Wildman–Crippen MR) is 23.4 cm³/mol. The smallest absolute Gasteiger partial charge is 0.183 e. The molecule has 0 bridgehead atoms. The molecule has 2 heteroatoms. The molecule has 0 aromatic rings. The van der Waals surface area contributed by atoms with Crippen LogP contribution in [0.25, 0.3) is 0 Å². The Morgan fingerprint density at radius 3 is 2.33 bits per heavy atom. The van der Waals surface area contributed by atoms with Gasteiger partial charge in [-0.2, -0.15) is 0 Å². The van der Waals surface area contributed by atoms with Crippen LogP contribution in [0.1, 0.15) is 6.92 Å². The Labute approximate surface area is 37.5 Å². The molecule has 6 heavy (non-hydrogen) atoms. The molecule has 0 amide bonds. The standard InChI is InChI=1S/C4H9NO/c1-4(6)3-5-2/h5H,3H2,1-2H3/p+1. The zero-order chi connectivity index (χ0) is 4.99. The maximum absolute atomic E-state index is 10.0. The summed E-state index contributed by atoms with van der Waals surface area (Å²) in [6.45, 7) is 2.19. The Hall–Kier alpha value is -0.370. The number of rotatable bonds is 2. The third-order valence-electron chi connectivity index (χ3n) is 0.492. The van der Waals surface area contributed by atoms with E-state index in [9.17, 15) is 4.79 Å². The average molecular weight is 88.1 g/mol. The number of ketones is 1. The van der Waals surface area contributed by atoms with Crippen LogP contribution in [0.2, 0.25) is 0 Å². The Morgan fingerprint density at radius 1 is 1.83 bits per heavy atom. The highest BCUT2D eigenvalue weighted by Crippen LogP contribution is 1.50. The Kier molecular flexibility index (Phi) is 2.67. The van der Waals surface area contributed by atoms with Gasteiger partial charge in [0, 0.05) is 6.92 Å². The second-order valence-electron chi connectivity index (χ2n) is 1.31. The summed E-state index contributed by atoms with van der Waals surface area (Å²) in [4.78, 5) is 10.0. The molecular formula is C4H10NO+. The fourth-order valence-corrected chi connectivity index (χ4v) is 0.287. The molecule has 0 aromatic carbocycles. The maximum atomic E-state index is 10.0. The minimum Gasteiger partial charge on any atom is -0.343 e. The lowest BCUT2D eigenvalue weighted by Crippen LogP contribution is -2.81. The molecule has 0 unspecified atom stereocenters. The lowest BCUT2D eigenvalue weighted by Gasteiger charge is -1.82. The third-order valence-corrected chi connectivity index (χ3v) is 0.492. The van der Waals surface area contributed by atoms with Gasteiger partial charge in [0.25, 0.3) is 0 Å². The van der Waals surface area contributed by atoms with E-state index in [1.165, 1.54) is 0 Å².